The summed E-state index contributed by atoms with van der Waals surface area (Å²) in [5.74, 6) is 0.607. The number of ether oxygens (including phenoxy) is 1. The summed E-state index contributed by atoms with van der Waals surface area (Å²) in [7, 11) is -1.80. The molecule has 1 atom stereocenters. The highest BCUT2D eigenvalue weighted by molar-refractivity contribution is 6.74. The summed E-state index contributed by atoms with van der Waals surface area (Å²) in [6, 6.07) is 4.93. The van der Waals surface area contributed by atoms with Gasteiger partial charge >= 0.3 is 6.61 Å². The number of rotatable bonds is 5. The predicted octanol–water partition coefficient (Wildman–Crippen LogP) is 4.28. The molecule has 23 heavy (non-hydrogen) atoms. The Kier molecular flexibility index (Phi) is 5.30. The van der Waals surface area contributed by atoms with Gasteiger partial charge in [-0.15, -0.1) is 0 Å². The Bertz CT molecular complexity index is 535. The predicted molar refractivity (Wildman–Crippen MR) is 89.8 cm³/mol. The number of aromatic nitrogens is 1. The molecule has 130 valence electrons. The minimum Gasteiger partial charge on any atom is -0.417 e. The van der Waals surface area contributed by atoms with E-state index in [1.165, 1.54) is 6.07 Å². The molecule has 1 aromatic rings. The van der Waals surface area contributed by atoms with E-state index in [1.54, 1.807) is 6.07 Å². The minimum atomic E-state index is -2.86. The zero-order valence-corrected chi connectivity index (χ0v) is 15.5. The first-order valence-corrected chi connectivity index (χ1v) is 10.8. The SMILES string of the molecule is CC(C)(C)[Si](C)(C)OC1CCN(c2cccc(OC(F)F)n2)C1. The third kappa shape index (κ3) is 4.63. The maximum atomic E-state index is 12.3. The molecule has 0 spiro atoms. The molecule has 0 amide bonds. The quantitative estimate of drug-likeness (QED) is 0.747. The molecular weight excluding hydrogens is 318 g/mol. The zero-order valence-electron chi connectivity index (χ0n) is 14.5. The molecule has 2 heterocycles. The second-order valence-electron chi connectivity index (χ2n) is 7.45. The van der Waals surface area contributed by atoms with Gasteiger partial charge in [-0.25, -0.2) is 0 Å². The number of hydrogen-bond donors (Lipinski definition) is 0. The summed E-state index contributed by atoms with van der Waals surface area (Å²) < 4.78 is 35.4. The van der Waals surface area contributed by atoms with Gasteiger partial charge in [-0.3, -0.25) is 0 Å². The third-order valence-electron chi connectivity index (χ3n) is 4.66. The summed E-state index contributed by atoms with van der Waals surface area (Å²) in [6.45, 7) is 9.83. The Labute approximate surface area is 137 Å². The van der Waals surface area contributed by atoms with Gasteiger partial charge in [-0.2, -0.15) is 13.8 Å². The van der Waals surface area contributed by atoms with Crippen LogP contribution >= 0.6 is 0 Å². The largest absolute Gasteiger partial charge is 0.417 e. The molecule has 0 aliphatic carbocycles. The lowest BCUT2D eigenvalue weighted by Gasteiger charge is -2.38. The molecule has 1 aromatic heterocycles. The standard InChI is InChI=1S/C16H26F2N2O2Si/c1-16(2,3)23(4,5)22-12-9-10-20(11-12)13-7-6-8-14(19-13)21-15(17)18/h6-8,12,15H,9-11H2,1-5H3. The highest BCUT2D eigenvalue weighted by Gasteiger charge is 2.40. The van der Waals surface area contributed by atoms with Gasteiger partial charge in [-0.1, -0.05) is 26.8 Å². The van der Waals surface area contributed by atoms with Crippen LogP contribution in [0.2, 0.25) is 18.1 Å². The van der Waals surface area contributed by atoms with Crippen LogP contribution in [0.15, 0.2) is 18.2 Å². The van der Waals surface area contributed by atoms with Crippen molar-refractivity contribution in [1.29, 1.82) is 0 Å². The maximum Gasteiger partial charge on any atom is 0.388 e. The summed E-state index contributed by atoms with van der Waals surface area (Å²) in [5, 5.41) is 0.170. The van der Waals surface area contributed by atoms with E-state index in [9.17, 15) is 8.78 Å². The lowest BCUT2D eigenvalue weighted by Crippen LogP contribution is -2.44. The molecule has 7 heteroatoms. The Morgan fingerprint density at radius 3 is 2.61 bits per heavy atom. The fraction of sp³-hybridized carbons (Fsp3) is 0.688. The van der Waals surface area contributed by atoms with E-state index in [0.29, 0.717) is 5.82 Å². The van der Waals surface area contributed by atoms with Crippen LogP contribution < -0.4 is 9.64 Å². The summed E-state index contributed by atoms with van der Waals surface area (Å²) in [6.07, 6.45) is 1.09. The molecule has 1 unspecified atom stereocenters. The highest BCUT2D eigenvalue weighted by Crippen LogP contribution is 2.38. The monoisotopic (exact) mass is 344 g/mol. The van der Waals surface area contributed by atoms with Crippen LogP contribution in [-0.2, 0) is 4.43 Å². The lowest BCUT2D eigenvalue weighted by atomic mass is 10.2. The average molecular weight is 344 g/mol. The van der Waals surface area contributed by atoms with E-state index in [1.807, 2.05) is 6.07 Å². The van der Waals surface area contributed by atoms with Crippen molar-refractivity contribution in [2.45, 2.75) is 58.0 Å². The van der Waals surface area contributed by atoms with E-state index in [0.717, 1.165) is 19.5 Å². The van der Waals surface area contributed by atoms with Crippen molar-refractivity contribution in [2.75, 3.05) is 18.0 Å². The fourth-order valence-corrected chi connectivity index (χ4v) is 3.74. The van der Waals surface area contributed by atoms with Crippen molar-refractivity contribution in [3.63, 3.8) is 0 Å². The van der Waals surface area contributed by atoms with Gasteiger partial charge < -0.3 is 14.1 Å². The first-order valence-electron chi connectivity index (χ1n) is 7.93. The molecule has 0 N–H and O–H groups in total. The van der Waals surface area contributed by atoms with Crippen LogP contribution in [0, 0.1) is 0 Å². The molecule has 4 nitrogen and oxygen atoms in total. The molecular formula is C16H26F2N2O2Si. The van der Waals surface area contributed by atoms with Crippen LogP contribution in [0.5, 0.6) is 5.88 Å². The van der Waals surface area contributed by atoms with E-state index in [-0.39, 0.29) is 17.0 Å². The number of nitrogens with zero attached hydrogens (tertiary/aromatic N) is 2. The van der Waals surface area contributed by atoms with Crippen LogP contribution in [0.25, 0.3) is 0 Å². The van der Waals surface area contributed by atoms with Crippen molar-refractivity contribution < 1.29 is 17.9 Å². The van der Waals surface area contributed by atoms with Gasteiger partial charge in [0.25, 0.3) is 0 Å². The molecule has 1 aliphatic rings. The number of hydrogen-bond acceptors (Lipinski definition) is 4. The maximum absolute atomic E-state index is 12.3. The molecule has 0 saturated carbocycles. The van der Waals surface area contributed by atoms with Gasteiger partial charge in [0.1, 0.15) is 5.82 Å². The molecule has 0 bridgehead atoms. The second kappa shape index (κ2) is 6.73. The van der Waals surface area contributed by atoms with Crippen molar-refractivity contribution in [2.24, 2.45) is 0 Å². The van der Waals surface area contributed by atoms with Gasteiger partial charge in [0.05, 0.1) is 6.10 Å². The average Bonchev–Trinajstić information content (AvgIpc) is 2.84. The molecule has 2 rings (SSSR count). The van der Waals surface area contributed by atoms with E-state index in [4.69, 9.17) is 4.43 Å². The summed E-state index contributed by atoms with van der Waals surface area (Å²) in [5.41, 5.74) is 0. The van der Waals surface area contributed by atoms with Crippen molar-refractivity contribution >= 4 is 14.1 Å². The molecule has 1 saturated heterocycles. The molecule has 0 aromatic carbocycles. The number of halogens is 2. The van der Waals surface area contributed by atoms with Gasteiger partial charge in [0.2, 0.25) is 5.88 Å². The smallest absolute Gasteiger partial charge is 0.388 e. The van der Waals surface area contributed by atoms with Crippen molar-refractivity contribution in [3.05, 3.63) is 18.2 Å². The van der Waals surface area contributed by atoms with Gasteiger partial charge in [-0.05, 0) is 30.6 Å². The van der Waals surface area contributed by atoms with Crippen LogP contribution in [-0.4, -0.2) is 39.1 Å². The summed E-state index contributed by atoms with van der Waals surface area (Å²) in [4.78, 5) is 6.22. The summed E-state index contributed by atoms with van der Waals surface area (Å²) >= 11 is 0. The van der Waals surface area contributed by atoms with Crippen LogP contribution in [0.3, 0.4) is 0 Å². The first kappa shape index (κ1) is 18.1. The Morgan fingerprint density at radius 1 is 1.30 bits per heavy atom. The number of anilines is 1. The van der Waals surface area contributed by atoms with Crippen molar-refractivity contribution in [1.82, 2.24) is 4.98 Å². The normalized spacial score (nSPS) is 19.5. The van der Waals surface area contributed by atoms with Crippen molar-refractivity contribution in [3.8, 4) is 5.88 Å². The zero-order chi connectivity index (χ0) is 17.3. The Hall–Kier alpha value is -1.21. The first-order chi connectivity index (χ1) is 10.6. The van der Waals surface area contributed by atoms with E-state index >= 15 is 0 Å². The van der Waals surface area contributed by atoms with Gasteiger partial charge in [0, 0.05) is 19.2 Å². The molecule has 1 aliphatic heterocycles. The third-order valence-corrected chi connectivity index (χ3v) is 9.19. The molecule has 1 fully saturated rings. The van der Waals surface area contributed by atoms with E-state index in [2.05, 4.69) is 48.5 Å². The van der Waals surface area contributed by atoms with E-state index < -0.39 is 14.9 Å². The Morgan fingerprint density at radius 2 is 2.00 bits per heavy atom. The number of alkyl halides is 2. The number of pyridine rings is 1. The topological polar surface area (TPSA) is 34.6 Å². The van der Waals surface area contributed by atoms with Crippen LogP contribution in [0.1, 0.15) is 27.2 Å². The lowest BCUT2D eigenvalue weighted by molar-refractivity contribution is -0.0527. The highest BCUT2D eigenvalue weighted by atomic mass is 28.4. The Balaban J connectivity index is 2.00. The fourth-order valence-electron chi connectivity index (χ4n) is 2.36. The minimum absolute atomic E-state index is 0.0498. The second-order valence-corrected chi connectivity index (χ2v) is 12.2. The molecule has 0 radical (unpaired) electrons. The van der Waals surface area contributed by atoms with Gasteiger partial charge in [0.15, 0.2) is 8.32 Å². The van der Waals surface area contributed by atoms with Crippen LogP contribution in [0.4, 0.5) is 14.6 Å².